The fraction of sp³-hybridized carbons (Fsp3) is 0.750. The van der Waals surface area contributed by atoms with Gasteiger partial charge in [-0.25, -0.2) is 8.42 Å². The van der Waals surface area contributed by atoms with Gasteiger partial charge in [0.1, 0.15) is 0 Å². The van der Waals surface area contributed by atoms with E-state index in [1.165, 1.54) is 0 Å². The summed E-state index contributed by atoms with van der Waals surface area (Å²) >= 11 is 0. The van der Waals surface area contributed by atoms with Gasteiger partial charge in [0.05, 0.1) is 36.0 Å². The van der Waals surface area contributed by atoms with Gasteiger partial charge in [0.2, 0.25) is 5.91 Å². The van der Waals surface area contributed by atoms with Crippen molar-refractivity contribution < 1.29 is 13.2 Å². The first-order valence-electron chi connectivity index (χ1n) is 8.17. The van der Waals surface area contributed by atoms with Gasteiger partial charge in [-0.2, -0.15) is 5.10 Å². The lowest BCUT2D eigenvalue weighted by Gasteiger charge is -2.25. The molecule has 0 radical (unpaired) electrons. The van der Waals surface area contributed by atoms with Gasteiger partial charge in [0, 0.05) is 18.5 Å². The molecular formula is C16H28N4O3S. The first-order chi connectivity index (χ1) is 11.0. The Morgan fingerprint density at radius 1 is 1.38 bits per heavy atom. The molecule has 1 fully saturated rings. The zero-order valence-electron chi connectivity index (χ0n) is 15.2. The summed E-state index contributed by atoms with van der Waals surface area (Å²) < 4.78 is 23.1. The van der Waals surface area contributed by atoms with E-state index in [1.54, 1.807) is 11.9 Å². The fourth-order valence-electron chi connectivity index (χ4n) is 2.76. The zero-order chi connectivity index (χ0) is 18.1. The van der Waals surface area contributed by atoms with E-state index in [1.807, 2.05) is 18.0 Å². The molecule has 2 rings (SSSR count). The molecule has 0 saturated carbocycles. The Morgan fingerprint density at radius 3 is 2.54 bits per heavy atom. The minimum atomic E-state index is -2.94. The van der Waals surface area contributed by atoms with Crippen LogP contribution in [0.3, 0.4) is 0 Å². The second-order valence-corrected chi connectivity index (χ2v) is 9.98. The van der Waals surface area contributed by atoms with E-state index in [9.17, 15) is 13.2 Å². The first kappa shape index (κ1) is 18.9. The molecular weight excluding hydrogens is 328 g/mol. The molecule has 1 amide bonds. The number of hydrogen-bond acceptors (Lipinski definition) is 5. The van der Waals surface area contributed by atoms with Crippen molar-refractivity contribution >= 4 is 15.7 Å². The number of aromatic amines is 1. The van der Waals surface area contributed by atoms with Crippen LogP contribution in [0.5, 0.6) is 0 Å². The average molecular weight is 356 g/mol. The van der Waals surface area contributed by atoms with Crippen LogP contribution in [-0.4, -0.2) is 72.5 Å². The number of sulfone groups is 1. The number of likely N-dealkylation sites (N-methyl/N-ethyl adjacent to an activating group) is 2. The van der Waals surface area contributed by atoms with Crippen LogP contribution in [0.2, 0.25) is 0 Å². The molecule has 1 aliphatic rings. The van der Waals surface area contributed by atoms with Crippen molar-refractivity contribution in [2.45, 2.75) is 45.2 Å². The highest BCUT2D eigenvalue weighted by molar-refractivity contribution is 7.91. The number of carbonyl (C=O) groups is 1. The summed E-state index contributed by atoms with van der Waals surface area (Å²) in [6.45, 7) is 6.95. The smallest absolute Gasteiger partial charge is 0.236 e. The van der Waals surface area contributed by atoms with Gasteiger partial charge < -0.3 is 4.90 Å². The number of rotatable bonds is 5. The minimum Gasteiger partial charge on any atom is -0.339 e. The molecule has 0 spiro atoms. The standard InChI is InChI=1S/C16H28N4O3S/c1-16(2,3)14-8-12(17-18-14)9-20(5)15(21)10-19(4)13-6-7-24(22,23)11-13/h8,13H,6-7,9-11H2,1-5H3,(H,17,18)/t13-/m1/s1. The van der Waals surface area contributed by atoms with E-state index in [0.29, 0.717) is 13.0 Å². The van der Waals surface area contributed by atoms with Crippen molar-refractivity contribution in [3.63, 3.8) is 0 Å². The Bertz CT molecular complexity index is 690. The topological polar surface area (TPSA) is 86.4 Å². The zero-order valence-corrected chi connectivity index (χ0v) is 16.0. The third-order valence-corrected chi connectivity index (χ3v) is 6.20. The van der Waals surface area contributed by atoms with Crippen LogP contribution < -0.4 is 0 Å². The van der Waals surface area contributed by atoms with E-state index < -0.39 is 9.84 Å². The highest BCUT2D eigenvalue weighted by Gasteiger charge is 2.31. The van der Waals surface area contributed by atoms with E-state index in [0.717, 1.165) is 11.4 Å². The van der Waals surface area contributed by atoms with Crippen LogP contribution in [0.15, 0.2) is 6.07 Å². The third-order valence-electron chi connectivity index (χ3n) is 4.45. The quantitative estimate of drug-likeness (QED) is 0.843. The summed E-state index contributed by atoms with van der Waals surface area (Å²) in [6, 6.07) is 1.92. The summed E-state index contributed by atoms with van der Waals surface area (Å²) in [7, 11) is 0.624. The molecule has 1 atom stereocenters. The fourth-order valence-corrected chi connectivity index (χ4v) is 4.56. The number of nitrogens with zero attached hydrogens (tertiary/aromatic N) is 3. The highest BCUT2D eigenvalue weighted by atomic mass is 32.2. The normalized spacial score (nSPS) is 20.5. The Labute approximate surface area is 144 Å². The van der Waals surface area contributed by atoms with Gasteiger partial charge in [-0.1, -0.05) is 20.8 Å². The summed E-state index contributed by atoms with van der Waals surface area (Å²) in [4.78, 5) is 15.9. The lowest BCUT2D eigenvalue weighted by molar-refractivity contribution is -0.131. The molecule has 1 N–H and O–H groups in total. The molecule has 8 heteroatoms. The molecule has 0 aromatic carbocycles. The predicted molar refractivity (Wildman–Crippen MR) is 93.5 cm³/mol. The van der Waals surface area contributed by atoms with E-state index >= 15 is 0 Å². The van der Waals surface area contributed by atoms with E-state index in [2.05, 4.69) is 31.0 Å². The average Bonchev–Trinajstić information content (AvgIpc) is 3.04. The van der Waals surface area contributed by atoms with Gasteiger partial charge in [-0.3, -0.25) is 14.8 Å². The van der Waals surface area contributed by atoms with Gasteiger partial charge in [0.15, 0.2) is 9.84 Å². The maximum atomic E-state index is 12.4. The third kappa shape index (κ3) is 4.80. The SMILES string of the molecule is CN(Cc1cc(C(C)(C)C)n[nH]1)C(=O)CN(C)[C@@H]1CCS(=O)(=O)C1. The van der Waals surface area contributed by atoms with Crippen molar-refractivity contribution in [3.8, 4) is 0 Å². The van der Waals surface area contributed by atoms with Crippen LogP contribution in [0.25, 0.3) is 0 Å². The number of hydrogen-bond donors (Lipinski definition) is 1. The lowest BCUT2D eigenvalue weighted by atomic mass is 9.92. The van der Waals surface area contributed by atoms with Crippen LogP contribution in [-0.2, 0) is 26.6 Å². The summed E-state index contributed by atoms with van der Waals surface area (Å²) in [5.74, 6) is 0.333. The number of amides is 1. The molecule has 24 heavy (non-hydrogen) atoms. The summed E-state index contributed by atoms with van der Waals surface area (Å²) in [5, 5.41) is 7.28. The Balaban J connectivity index is 1.89. The van der Waals surface area contributed by atoms with E-state index in [-0.39, 0.29) is 35.4 Å². The first-order valence-corrected chi connectivity index (χ1v) is 9.99. The molecule has 1 saturated heterocycles. The maximum Gasteiger partial charge on any atom is 0.236 e. The maximum absolute atomic E-state index is 12.4. The van der Waals surface area contributed by atoms with Crippen molar-refractivity contribution in [3.05, 3.63) is 17.5 Å². The Hall–Kier alpha value is -1.41. The number of aromatic nitrogens is 2. The van der Waals surface area contributed by atoms with Crippen LogP contribution in [0, 0.1) is 0 Å². The summed E-state index contributed by atoms with van der Waals surface area (Å²) in [5.41, 5.74) is 1.82. The van der Waals surface area contributed by atoms with Gasteiger partial charge >= 0.3 is 0 Å². The molecule has 1 aromatic rings. The Kier molecular flexibility index (Phi) is 5.39. The van der Waals surface area contributed by atoms with Crippen molar-refractivity contribution in [2.24, 2.45) is 0 Å². The molecule has 0 aliphatic carbocycles. The lowest BCUT2D eigenvalue weighted by Crippen LogP contribution is -2.41. The number of nitrogens with one attached hydrogen (secondary N) is 1. The molecule has 7 nitrogen and oxygen atoms in total. The second kappa shape index (κ2) is 6.84. The van der Waals surface area contributed by atoms with Gasteiger partial charge in [0.25, 0.3) is 0 Å². The predicted octanol–water partition coefficient (Wildman–Crippen LogP) is 0.785. The van der Waals surface area contributed by atoms with Crippen LogP contribution in [0.1, 0.15) is 38.6 Å². The number of carbonyl (C=O) groups excluding carboxylic acids is 1. The highest BCUT2D eigenvalue weighted by Crippen LogP contribution is 2.21. The van der Waals surface area contributed by atoms with Crippen LogP contribution in [0.4, 0.5) is 0 Å². The largest absolute Gasteiger partial charge is 0.339 e. The van der Waals surface area contributed by atoms with Crippen molar-refractivity contribution in [1.82, 2.24) is 20.0 Å². The summed E-state index contributed by atoms with van der Waals surface area (Å²) in [6.07, 6.45) is 0.602. The van der Waals surface area contributed by atoms with Gasteiger partial charge in [-0.15, -0.1) is 0 Å². The minimum absolute atomic E-state index is 0.0336. The van der Waals surface area contributed by atoms with Gasteiger partial charge in [-0.05, 0) is 19.5 Å². The van der Waals surface area contributed by atoms with Crippen LogP contribution >= 0.6 is 0 Å². The number of H-pyrrole nitrogens is 1. The van der Waals surface area contributed by atoms with Crippen molar-refractivity contribution in [2.75, 3.05) is 32.1 Å². The Morgan fingerprint density at radius 2 is 2.04 bits per heavy atom. The monoisotopic (exact) mass is 356 g/mol. The molecule has 1 aliphatic heterocycles. The van der Waals surface area contributed by atoms with Crippen molar-refractivity contribution in [1.29, 1.82) is 0 Å². The molecule has 136 valence electrons. The molecule has 2 heterocycles. The molecule has 0 bridgehead atoms. The van der Waals surface area contributed by atoms with E-state index in [4.69, 9.17) is 0 Å². The molecule has 0 unspecified atom stereocenters. The second-order valence-electron chi connectivity index (χ2n) is 7.75. The molecule has 1 aromatic heterocycles.